The number of anilines is 1. The summed E-state index contributed by atoms with van der Waals surface area (Å²) in [5.74, 6) is -0.772. The molecule has 7 heteroatoms. The molecule has 1 saturated heterocycles. The minimum atomic E-state index is -0.774. The number of pyridine rings is 1. The maximum absolute atomic E-state index is 13.6. The van der Waals surface area contributed by atoms with Crippen molar-refractivity contribution in [2.45, 2.75) is 25.4 Å². The van der Waals surface area contributed by atoms with E-state index in [1.54, 1.807) is 12.3 Å². The first-order valence-corrected chi connectivity index (χ1v) is 12.1. The van der Waals surface area contributed by atoms with Gasteiger partial charge in [0.15, 0.2) is 0 Å². The van der Waals surface area contributed by atoms with Crippen LogP contribution in [0.15, 0.2) is 79.0 Å². The van der Waals surface area contributed by atoms with E-state index in [2.05, 4.69) is 27.8 Å². The molecule has 1 aliphatic heterocycles. The number of fused-ring (bicyclic) bond motifs is 2. The zero-order valence-corrected chi connectivity index (χ0v) is 19.1. The highest BCUT2D eigenvalue weighted by atomic mass is 16.2. The summed E-state index contributed by atoms with van der Waals surface area (Å²) in [5, 5.41) is 6.69. The predicted octanol–water partition coefficient (Wildman–Crippen LogP) is 4.12. The zero-order valence-electron chi connectivity index (χ0n) is 19.1. The minimum absolute atomic E-state index is 0.101. The smallest absolute Gasteiger partial charge is 0.317 e. The van der Waals surface area contributed by atoms with Gasteiger partial charge in [0.2, 0.25) is 11.8 Å². The van der Waals surface area contributed by atoms with E-state index in [9.17, 15) is 14.4 Å². The number of imide groups is 1. The number of hydrogen-bond donors (Lipinski definition) is 2. The molecule has 4 amide bonds. The molecule has 2 fully saturated rings. The van der Waals surface area contributed by atoms with Gasteiger partial charge < -0.3 is 10.6 Å². The van der Waals surface area contributed by atoms with Crippen molar-refractivity contribution in [3.8, 4) is 0 Å². The zero-order chi connectivity index (χ0) is 23.9. The van der Waals surface area contributed by atoms with Crippen LogP contribution in [-0.4, -0.2) is 33.9 Å². The Hall–Kier alpha value is -4.00. The molecule has 4 aliphatic rings. The molecule has 7 rings (SSSR count). The number of nitrogens with one attached hydrogen (secondary N) is 2. The number of allylic oxidation sites excluding steroid dienone is 2. The molecule has 2 heterocycles. The summed E-state index contributed by atoms with van der Waals surface area (Å²) in [6.45, 7) is 0. The molecule has 7 nitrogen and oxygen atoms in total. The van der Waals surface area contributed by atoms with Crippen molar-refractivity contribution >= 4 is 34.4 Å². The highest BCUT2D eigenvalue weighted by molar-refractivity contribution is 6.06. The van der Waals surface area contributed by atoms with Crippen molar-refractivity contribution in [1.82, 2.24) is 15.2 Å². The van der Waals surface area contributed by atoms with E-state index in [4.69, 9.17) is 0 Å². The first-order valence-electron chi connectivity index (χ1n) is 12.1. The van der Waals surface area contributed by atoms with Crippen LogP contribution in [0.4, 0.5) is 10.5 Å². The molecule has 2 aromatic carbocycles. The summed E-state index contributed by atoms with van der Waals surface area (Å²) >= 11 is 0. The first-order chi connectivity index (χ1) is 17.1. The lowest BCUT2D eigenvalue weighted by atomic mass is 9.63. The molecule has 2 N–H and O–H groups in total. The number of benzene rings is 2. The summed E-state index contributed by atoms with van der Waals surface area (Å²) in [7, 11) is 0. The fourth-order valence-electron chi connectivity index (χ4n) is 5.92. The minimum Gasteiger partial charge on any atom is -0.317 e. The molecule has 2 bridgehead atoms. The van der Waals surface area contributed by atoms with Gasteiger partial charge in [0.1, 0.15) is 6.17 Å². The van der Waals surface area contributed by atoms with Crippen molar-refractivity contribution in [2.75, 3.05) is 5.32 Å². The van der Waals surface area contributed by atoms with Gasteiger partial charge in [-0.05, 0) is 54.5 Å². The van der Waals surface area contributed by atoms with Crippen LogP contribution in [0.1, 0.15) is 18.4 Å². The van der Waals surface area contributed by atoms with Crippen molar-refractivity contribution < 1.29 is 14.4 Å². The predicted molar refractivity (Wildman–Crippen MR) is 132 cm³/mol. The highest BCUT2D eigenvalue weighted by Crippen LogP contribution is 2.50. The monoisotopic (exact) mass is 466 g/mol. The van der Waals surface area contributed by atoms with Crippen LogP contribution in [0.25, 0.3) is 10.9 Å². The van der Waals surface area contributed by atoms with Crippen molar-refractivity contribution in [3.63, 3.8) is 0 Å². The second-order valence-corrected chi connectivity index (χ2v) is 9.60. The number of likely N-dealkylation sites (tertiary alicyclic amines) is 1. The Morgan fingerprint density at radius 1 is 0.943 bits per heavy atom. The average molecular weight is 467 g/mol. The Kier molecular flexibility index (Phi) is 5.32. The van der Waals surface area contributed by atoms with E-state index in [0.717, 1.165) is 29.3 Å². The Bertz CT molecular complexity index is 1310. The summed E-state index contributed by atoms with van der Waals surface area (Å²) in [4.78, 5) is 45.8. The highest BCUT2D eigenvalue weighted by Gasteiger charge is 2.58. The van der Waals surface area contributed by atoms with E-state index < -0.39 is 12.2 Å². The molecule has 0 unspecified atom stereocenters. The number of urea groups is 1. The van der Waals surface area contributed by atoms with Crippen LogP contribution in [-0.2, 0) is 16.0 Å². The van der Waals surface area contributed by atoms with Crippen molar-refractivity contribution in [3.05, 3.63) is 84.6 Å². The second kappa shape index (κ2) is 8.65. The lowest BCUT2D eigenvalue weighted by molar-refractivity contribution is -0.143. The van der Waals surface area contributed by atoms with E-state index in [1.165, 1.54) is 4.90 Å². The van der Waals surface area contributed by atoms with Crippen molar-refractivity contribution in [2.24, 2.45) is 23.7 Å². The van der Waals surface area contributed by atoms with E-state index >= 15 is 0 Å². The Morgan fingerprint density at radius 2 is 1.66 bits per heavy atom. The fraction of sp³-hybridized carbons (Fsp3) is 0.286. The Balaban J connectivity index is 1.26. The lowest BCUT2D eigenvalue weighted by Gasteiger charge is -2.38. The normalized spacial score (nSPS) is 25.5. The standard InChI is InChI=1S/C28H26N4O3/c33-26-24-18-8-9-19(11-10-18)25(24)27(34)32(26)23(15-17-5-2-1-3-6-17)31-28(35)30-21-12-13-22-20(16-21)7-4-14-29-22/h1-9,12-14,16,18-19,23-25H,10-11,15H2,(H2,30,31,35)/t18-,19-,23-,24-,25-/m0/s1. The molecule has 1 saturated carbocycles. The third-order valence-corrected chi connectivity index (χ3v) is 7.54. The summed E-state index contributed by atoms with van der Waals surface area (Å²) in [6, 6.07) is 18.4. The quantitative estimate of drug-likeness (QED) is 0.437. The van der Waals surface area contributed by atoms with Gasteiger partial charge in [-0.3, -0.25) is 19.5 Å². The van der Waals surface area contributed by atoms with Crippen LogP contribution in [0.5, 0.6) is 0 Å². The first kappa shape index (κ1) is 21.5. The molecule has 0 radical (unpaired) electrons. The van der Waals surface area contributed by atoms with Crippen LogP contribution < -0.4 is 10.6 Å². The van der Waals surface area contributed by atoms with Gasteiger partial charge >= 0.3 is 6.03 Å². The van der Waals surface area contributed by atoms with Crippen LogP contribution >= 0.6 is 0 Å². The van der Waals surface area contributed by atoms with E-state index in [0.29, 0.717) is 12.1 Å². The molecule has 3 aliphatic carbocycles. The van der Waals surface area contributed by atoms with Gasteiger partial charge in [0.05, 0.1) is 17.4 Å². The molecular formula is C28H26N4O3. The molecule has 35 heavy (non-hydrogen) atoms. The summed E-state index contributed by atoms with van der Waals surface area (Å²) < 4.78 is 0. The van der Waals surface area contributed by atoms with Crippen molar-refractivity contribution in [1.29, 1.82) is 0 Å². The van der Waals surface area contributed by atoms with Crippen LogP contribution in [0.2, 0.25) is 0 Å². The molecule has 0 spiro atoms. The van der Waals surface area contributed by atoms with E-state index in [1.807, 2.05) is 54.6 Å². The van der Waals surface area contributed by atoms with Gasteiger partial charge in [-0.1, -0.05) is 48.6 Å². The number of aromatic nitrogens is 1. The topological polar surface area (TPSA) is 91.4 Å². The molecule has 5 atom stereocenters. The maximum atomic E-state index is 13.6. The van der Waals surface area contributed by atoms with Gasteiger partial charge in [-0.2, -0.15) is 0 Å². The number of carbonyl (C=O) groups is 3. The third kappa shape index (κ3) is 3.87. The average Bonchev–Trinajstić information content (AvgIpc) is 3.17. The lowest BCUT2D eigenvalue weighted by Crippen LogP contribution is -2.53. The number of carbonyl (C=O) groups excluding carboxylic acids is 3. The summed E-state index contributed by atoms with van der Waals surface area (Å²) in [6.07, 6.45) is 7.36. The number of hydrogen-bond acceptors (Lipinski definition) is 4. The van der Waals surface area contributed by atoms with E-state index in [-0.39, 0.29) is 35.5 Å². The van der Waals surface area contributed by atoms with Gasteiger partial charge in [0.25, 0.3) is 0 Å². The molecule has 176 valence electrons. The Labute approximate surface area is 203 Å². The molecular weight excluding hydrogens is 440 g/mol. The van der Waals surface area contributed by atoms with Gasteiger partial charge in [0, 0.05) is 23.7 Å². The number of nitrogens with zero attached hydrogens (tertiary/aromatic N) is 2. The number of rotatable bonds is 5. The third-order valence-electron chi connectivity index (χ3n) is 7.54. The number of amides is 4. The largest absolute Gasteiger partial charge is 0.320 e. The SMILES string of the molecule is O=C(Nc1ccc2ncccc2c1)N[C@H](Cc1ccccc1)N1C(=O)[C@@H]2[C@@H](C1=O)[C@H]1C=C[C@H]2CC1. The van der Waals surface area contributed by atoms with Gasteiger partial charge in [-0.25, -0.2) is 4.79 Å². The molecule has 1 aromatic heterocycles. The van der Waals surface area contributed by atoms with Crippen LogP contribution in [0, 0.1) is 23.7 Å². The summed E-state index contributed by atoms with van der Waals surface area (Å²) in [5.41, 5.74) is 2.38. The van der Waals surface area contributed by atoms with Gasteiger partial charge in [-0.15, -0.1) is 0 Å². The molecule has 3 aromatic rings. The van der Waals surface area contributed by atoms with Crippen LogP contribution in [0.3, 0.4) is 0 Å². The maximum Gasteiger partial charge on any atom is 0.320 e. The second-order valence-electron chi connectivity index (χ2n) is 9.60. The fourth-order valence-corrected chi connectivity index (χ4v) is 5.92. The Morgan fingerprint density at radius 3 is 2.34 bits per heavy atom.